The van der Waals surface area contributed by atoms with Gasteiger partial charge >= 0.3 is 5.97 Å². The summed E-state index contributed by atoms with van der Waals surface area (Å²) in [6.07, 6.45) is 3.08. The van der Waals surface area contributed by atoms with E-state index in [0.717, 1.165) is 0 Å². The van der Waals surface area contributed by atoms with E-state index >= 15 is 0 Å². The van der Waals surface area contributed by atoms with Crippen LogP contribution in [0.2, 0.25) is 0 Å². The van der Waals surface area contributed by atoms with Crippen LogP contribution in [0.4, 0.5) is 0 Å². The van der Waals surface area contributed by atoms with E-state index < -0.39 is 5.97 Å². The maximum atomic E-state index is 11.1. The molecule has 64 valence electrons. The van der Waals surface area contributed by atoms with Crippen LogP contribution in [-0.4, -0.2) is 18.1 Å². The second-order valence-corrected chi connectivity index (χ2v) is 3.68. The van der Waals surface area contributed by atoms with Gasteiger partial charge in [0.25, 0.3) is 0 Å². The Morgan fingerprint density at radius 2 is 1.92 bits per heavy atom. The van der Waals surface area contributed by atoms with Crippen LogP contribution in [0.15, 0.2) is 21.3 Å². The van der Waals surface area contributed by atoms with Gasteiger partial charge < -0.3 is 4.74 Å². The molecule has 12 heavy (non-hydrogen) atoms. The second kappa shape index (κ2) is 4.00. The summed E-state index contributed by atoms with van der Waals surface area (Å²) in [7, 11) is 1.33. The summed E-state index contributed by atoms with van der Waals surface area (Å²) in [4.78, 5) is 15.0. The molecule has 0 aliphatic heterocycles. The number of hydrogen-bond acceptors (Lipinski definition) is 3. The van der Waals surface area contributed by atoms with Gasteiger partial charge in [-0.2, -0.15) is 0 Å². The van der Waals surface area contributed by atoms with Gasteiger partial charge in [-0.15, -0.1) is 0 Å². The van der Waals surface area contributed by atoms with Crippen molar-refractivity contribution < 1.29 is 9.53 Å². The van der Waals surface area contributed by atoms with Crippen molar-refractivity contribution in [2.45, 2.75) is 0 Å². The number of aromatic nitrogens is 1. The minimum absolute atomic E-state index is 0.392. The van der Waals surface area contributed by atoms with Crippen molar-refractivity contribution in [3.63, 3.8) is 0 Å². The van der Waals surface area contributed by atoms with E-state index in [1.807, 2.05) is 0 Å². The molecule has 0 aliphatic rings. The minimum atomic E-state index is -0.392. The number of esters is 1. The molecule has 0 unspecified atom stereocenters. The van der Waals surface area contributed by atoms with Crippen molar-refractivity contribution in [2.75, 3.05) is 7.11 Å². The third-order valence-corrected chi connectivity index (χ3v) is 2.45. The summed E-state index contributed by atoms with van der Waals surface area (Å²) in [6.45, 7) is 0. The summed E-state index contributed by atoms with van der Waals surface area (Å²) in [5, 5.41) is 0. The summed E-state index contributed by atoms with van der Waals surface area (Å²) in [5.74, 6) is -0.392. The van der Waals surface area contributed by atoms with Gasteiger partial charge in [0.1, 0.15) is 0 Å². The van der Waals surface area contributed by atoms with Crippen LogP contribution in [-0.2, 0) is 4.74 Å². The first-order valence-electron chi connectivity index (χ1n) is 3.04. The molecular formula is C7H5Br2NO2. The standard InChI is InChI=1S/C7H5Br2NO2/c1-12-7(11)6-4(8)2-10-3-5(6)9/h2-3H,1H3. The Bertz CT molecular complexity index is 294. The molecule has 5 heteroatoms. The van der Waals surface area contributed by atoms with Gasteiger partial charge in [-0.1, -0.05) is 0 Å². The topological polar surface area (TPSA) is 39.2 Å². The Hall–Kier alpha value is -0.420. The maximum Gasteiger partial charge on any atom is 0.340 e. The number of pyridine rings is 1. The molecule has 1 aromatic heterocycles. The molecule has 0 bridgehead atoms. The number of hydrogen-bond donors (Lipinski definition) is 0. The number of rotatable bonds is 1. The summed E-state index contributed by atoms with van der Waals surface area (Å²) in [6, 6.07) is 0. The fourth-order valence-corrected chi connectivity index (χ4v) is 1.96. The van der Waals surface area contributed by atoms with Crippen molar-refractivity contribution in [3.05, 3.63) is 26.9 Å². The predicted octanol–water partition coefficient (Wildman–Crippen LogP) is 2.39. The molecule has 0 fully saturated rings. The maximum absolute atomic E-state index is 11.1. The summed E-state index contributed by atoms with van der Waals surface area (Å²) in [5.41, 5.74) is 0.451. The van der Waals surface area contributed by atoms with Crippen LogP contribution in [0.1, 0.15) is 10.4 Å². The van der Waals surface area contributed by atoms with Gasteiger partial charge in [0.2, 0.25) is 0 Å². The molecule has 0 N–H and O–H groups in total. The highest BCUT2D eigenvalue weighted by Gasteiger charge is 2.13. The number of carbonyl (C=O) groups is 1. The predicted molar refractivity (Wildman–Crippen MR) is 51.0 cm³/mol. The van der Waals surface area contributed by atoms with Crippen LogP contribution >= 0.6 is 31.9 Å². The summed E-state index contributed by atoms with van der Waals surface area (Å²) >= 11 is 6.39. The highest BCUT2D eigenvalue weighted by Crippen LogP contribution is 2.24. The third-order valence-electron chi connectivity index (χ3n) is 1.24. The second-order valence-electron chi connectivity index (χ2n) is 1.97. The van der Waals surface area contributed by atoms with Crippen LogP contribution in [0.25, 0.3) is 0 Å². The van der Waals surface area contributed by atoms with Crippen LogP contribution in [0, 0.1) is 0 Å². The Balaban J connectivity index is 3.21. The lowest BCUT2D eigenvalue weighted by atomic mass is 10.3. The molecule has 1 aromatic rings. The zero-order valence-corrected chi connectivity index (χ0v) is 9.35. The first-order chi connectivity index (χ1) is 5.66. The molecule has 0 aromatic carbocycles. The molecule has 0 spiro atoms. The molecule has 0 saturated carbocycles. The monoisotopic (exact) mass is 293 g/mol. The largest absolute Gasteiger partial charge is 0.465 e. The average Bonchev–Trinajstić information content (AvgIpc) is 2.03. The Kier molecular flexibility index (Phi) is 3.22. The zero-order valence-electron chi connectivity index (χ0n) is 6.17. The number of methoxy groups -OCH3 is 1. The van der Waals surface area contributed by atoms with E-state index in [1.165, 1.54) is 19.5 Å². The van der Waals surface area contributed by atoms with Crippen molar-refractivity contribution in [1.29, 1.82) is 0 Å². The molecule has 0 aliphatic carbocycles. The normalized spacial score (nSPS) is 9.58. The number of carbonyl (C=O) groups excluding carboxylic acids is 1. The first-order valence-corrected chi connectivity index (χ1v) is 4.62. The van der Waals surface area contributed by atoms with E-state index in [9.17, 15) is 4.79 Å². The first kappa shape index (κ1) is 9.67. The number of ether oxygens (including phenoxy) is 1. The van der Waals surface area contributed by atoms with Gasteiger partial charge in [-0.3, -0.25) is 4.98 Å². The van der Waals surface area contributed by atoms with Crippen molar-refractivity contribution in [3.8, 4) is 0 Å². The van der Waals surface area contributed by atoms with Gasteiger partial charge in [-0.25, -0.2) is 4.79 Å². The van der Waals surface area contributed by atoms with E-state index in [0.29, 0.717) is 14.5 Å². The molecule has 3 nitrogen and oxygen atoms in total. The minimum Gasteiger partial charge on any atom is -0.465 e. The van der Waals surface area contributed by atoms with Crippen LogP contribution in [0.5, 0.6) is 0 Å². The van der Waals surface area contributed by atoms with Crippen molar-refractivity contribution in [1.82, 2.24) is 4.98 Å². The SMILES string of the molecule is COC(=O)c1c(Br)cncc1Br. The molecule has 0 radical (unpaired) electrons. The summed E-state index contributed by atoms with van der Waals surface area (Å²) < 4.78 is 5.80. The lowest BCUT2D eigenvalue weighted by molar-refractivity contribution is 0.0598. The smallest absolute Gasteiger partial charge is 0.340 e. The highest BCUT2D eigenvalue weighted by molar-refractivity contribution is 9.11. The molecule has 0 saturated heterocycles. The third kappa shape index (κ3) is 1.84. The highest BCUT2D eigenvalue weighted by atomic mass is 79.9. The van der Waals surface area contributed by atoms with Crippen LogP contribution in [0.3, 0.4) is 0 Å². The Labute approximate surface area is 86.4 Å². The lowest BCUT2D eigenvalue weighted by Crippen LogP contribution is -2.03. The van der Waals surface area contributed by atoms with Gasteiger partial charge in [0.15, 0.2) is 0 Å². The quantitative estimate of drug-likeness (QED) is 0.747. The fourth-order valence-electron chi connectivity index (χ4n) is 0.708. The number of halogens is 2. The zero-order chi connectivity index (χ0) is 9.14. The van der Waals surface area contributed by atoms with Crippen LogP contribution < -0.4 is 0 Å². The van der Waals surface area contributed by atoms with Gasteiger partial charge in [-0.05, 0) is 31.9 Å². The average molecular weight is 295 g/mol. The fraction of sp³-hybridized carbons (Fsp3) is 0.143. The molecule has 0 amide bonds. The Morgan fingerprint density at radius 1 is 1.42 bits per heavy atom. The van der Waals surface area contributed by atoms with E-state index in [2.05, 4.69) is 41.6 Å². The van der Waals surface area contributed by atoms with Crippen molar-refractivity contribution >= 4 is 37.8 Å². The molecule has 1 heterocycles. The van der Waals surface area contributed by atoms with Gasteiger partial charge in [0, 0.05) is 12.4 Å². The molecule has 1 rings (SSSR count). The van der Waals surface area contributed by atoms with E-state index in [1.54, 1.807) is 0 Å². The lowest BCUT2D eigenvalue weighted by Gasteiger charge is -2.02. The van der Waals surface area contributed by atoms with E-state index in [4.69, 9.17) is 0 Å². The Morgan fingerprint density at radius 3 is 2.33 bits per heavy atom. The molecular weight excluding hydrogens is 290 g/mol. The van der Waals surface area contributed by atoms with Gasteiger partial charge in [0.05, 0.1) is 21.6 Å². The molecule has 0 atom stereocenters. The van der Waals surface area contributed by atoms with E-state index in [-0.39, 0.29) is 0 Å². The number of nitrogens with zero attached hydrogens (tertiary/aromatic N) is 1. The van der Waals surface area contributed by atoms with Crippen molar-refractivity contribution in [2.24, 2.45) is 0 Å².